The zero-order valence-electron chi connectivity index (χ0n) is 11.5. The molecule has 0 spiro atoms. The number of ether oxygens (including phenoxy) is 1. The molecule has 17 heavy (non-hydrogen) atoms. The minimum absolute atomic E-state index is 0.204. The number of hydrogen-bond donors (Lipinski definition) is 2. The van der Waals surface area contributed by atoms with Crippen molar-refractivity contribution in [2.24, 2.45) is 5.92 Å². The predicted octanol–water partition coefficient (Wildman–Crippen LogP) is 0.704. The van der Waals surface area contributed by atoms with Gasteiger partial charge in [-0.05, 0) is 33.4 Å². The number of rotatable bonds is 7. The van der Waals surface area contributed by atoms with Crippen LogP contribution in [0.15, 0.2) is 0 Å². The van der Waals surface area contributed by atoms with Crippen molar-refractivity contribution in [1.82, 2.24) is 10.2 Å². The zero-order chi connectivity index (χ0) is 12.7. The number of hydrogen-bond acceptors (Lipinski definition) is 4. The van der Waals surface area contributed by atoms with Crippen molar-refractivity contribution in [2.45, 2.75) is 38.8 Å². The summed E-state index contributed by atoms with van der Waals surface area (Å²) in [6.45, 7) is 8.76. The minimum atomic E-state index is -0.204. The molecule has 0 aromatic rings. The monoisotopic (exact) mass is 244 g/mol. The van der Waals surface area contributed by atoms with E-state index in [2.05, 4.69) is 24.2 Å². The molecule has 4 nitrogen and oxygen atoms in total. The summed E-state index contributed by atoms with van der Waals surface area (Å²) in [5.74, 6) is 0.572. The number of aliphatic hydroxyl groups is 1. The molecule has 0 amide bonds. The average molecular weight is 244 g/mol. The number of aliphatic hydroxyl groups excluding tert-OH is 1. The molecule has 1 saturated heterocycles. The van der Waals surface area contributed by atoms with Crippen molar-refractivity contribution in [3.05, 3.63) is 0 Å². The first-order valence-corrected chi connectivity index (χ1v) is 6.81. The molecule has 3 atom stereocenters. The summed E-state index contributed by atoms with van der Waals surface area (Å²) in [4.78, 5) is 2.30. The van der Waals surface area contributed by atoms with E-state index in [1.807, 2.05) is 6.92 Å². The molecule has 1 fully saturated rings. The number of nitrogens with one attached hydrogen (secondary N) is 1. The van der Waals surface area contributed by atoms with Gasteiger partial charge in [-0.3, -0.25) is 0 Å². The Labute approximate surface area is 105 Å². The first-order chi connectivity index (χ1) is 8.13. The van der Waals surface area contributed by atoms with Gasteiger partial charge in [0, 0.05) is 31.7 Å². The van der Waals surface area contributed by atoms with Crippen LogP contribution in [0, 0.1) is 5.92 Å². The molecule has 0 aliphatic carbocycles. The SMILES string of the molecule is CCNC1CCOCC1CN(C)CCC(C)O. The Morgan fingerprint density at radius 3 is 2.94 bits per heavy atom. The van der Waals surface area contributed by atoms with Crippen molar-refractivity contribution in [1.29, 1.82) is 0 Å². The van der Waals surface area contributed by atoms with Crippen molar-refractivity contribution in [3.8, 4) is 0 Å². The largest absolute Gasteiger partial charge is 0.393 e. The second kappa shape index (κ2) is 8.03. The van der Waals surface area contributed by atoms with Crippen LogP contribution in [0.3, 0.4) is 0 Å². The van der Waals surface area contributed by atoms with E-state index in [1.54, 1.807) is 0 Å². The topological polar surface area (TPSA) is 44.7 Å². The third-order valence-electron chi connectivity index (χ3n) is 3.42. The van der Waals surface area contributed by atoms with Crippen LogP contribution < -0.4 is 5.32 Å². The Kier molecular flexibility index (Phi) is 7.04. The molecule has 4 heteroatoms. The summed E-state index contributed by atoms with van der Waals surface area (Å²) in [7, 11) is 2.12. The Morgan fingerprint density at radius 2 is 2.29 bits per heavy atom. The van der Waals surface area contributed by atoms with E-state index < -0.39 is 0 Å². The lowest BCUT2D eigenvalue weighted by Gasteiger charge is -2.34. The van der Waals surface area contributed by atoms with Gasteiger partial charge in [-0.1, -0.05) is 6.92 Å². The third kappa shape index (κ3) is 5.82. The van der Waals surface area contributed by atoms with Crippen molar-refractivity contribution >= 4 is 0 Å². The zero-order valence-corrected chi connectivity index (χ0v) is 11.5. The molecule has 1 aliphatic rings. The summed E-state index contributed by atoms with van der Waals surface area (Å²) in [5.41, 5.74) is 0. The van der Waals surface area contributed by atoms with E-state index in [-0.39, 0.29) is 6.10 Å². The summed E-state index contributed by atoms with van der Waals surface area (Å²) < 4.78 is 5.57. The van der Waals surface area contributed by atoms with E-state index in [0.717, 1.165) is 45.7 Å². The van der Waals surface area contributed by atoms with Crippen LogP contribution in [-0.2, 0) is 4.74 Å². The van der Waals surface area contributed by atoms with Gasteiger partial charge in [0.25, 0.3) is 0 Å². The molecule has 0 radical (unpaired) electrons. The van der Waals surface area contributed by atoms with E-state index in [4.69, 9.17) is 4.74 Å². The van der Waals surface area contributed by atoms with Gasteiger partial charge in [-0.15, -0.1) is 0 Å². The molecule has 3 unspecified atom stereocenters. The lowest BCUT2D eigenvalue weighted by Crippen LogP contribution is -2.47. The average Bonchev–Trinajstić information content (AvgIpc) is 2.29. The molecule has 2 N–H and O–H groups in total. The van der Waals surface area contributed by atoms with E-state index in [0.29, 0.717) is 12.0 Å². The fourth-order valence-electron chi connectivity index (χ4n) is 2.41. The Morgan fingerprint density at radius 1 is 1.53 bits per heavy atom. The maximum absolute atomic E-state index is 9.28. The molecule has 0 saturated carbocycles. The van der Waals surface area contributed by atoms with Crippen molar-refractivity contribution < 1.29 is 9.84 Å². The maximum Gasteiger partial charge on any atom is 0.0524 e. The highest BCUT2D eigenvalue weighted by Gasteiger charge is 2.25. The molecule has 1 rings (SSSR count). The van der Waals surface area contributed by atoms with Crippen molar-refractivity contribution in [2.75, 3.05) is 39.9 Å². The molecule has 102 valence electrons. The smallest absolute Gasteiger partial charge is 0.0524 e. The van der Waals surface area contributed by atoms with Crippen LogP contribution in [0.2, 0.25) is 0 Å². The highest BCUT2D eigenvalue weighted by atomic mass is 16.5. The number of nitrogens with zero attached hydrogens (tertiary/aromatic N) is 1. The van der Waals surface area contributed by atoms with E-state index >= 15 is 0 Å². The molecule has 1 aliphatic heterocycles. The van der Waals surface area contributed by atoms with Gasteiger partial charge >= 0.3 is 0 Å². The second-order valence-corrected chi connectivity index (χ2v) is 5.19. The quantitative estimate of drug-likeness (QED) is 0.692. The highest BCUT2D eigenvalue weighted by molar-refractivity contribution is 4.81. The van der Waals surface area contributed by atoms with Crippen LogP contribution in [0.25, 0.3) is 0 Å². The van der Waals surface area contributed by atoms with E-state index in [1.165, 1.54) is 0 Å². The molecule has 0 bridgehead atoms. The highest BCUT2D eigenvalue weighted by Crippen LogP contribution is 2.16. The Balaban J connectivity index is 2.30. The second-order valence-electron chi connectivity index (χ2n) is 5.19. The third-order valence-corrected chi connectivity index (χ3v) is 3.42. The fourth-order valence-corrected chi connectivity index (χ4v) is 2.41. The molecule has 0 aromatic carbocycles. The Bertz CT molecular complexity index is 198. The summed E-state index contributed by atoms with van der Waals surface area (Å²) in [6, 6.07) is 0.586. The molecule has 1 heterocycles. The van der Waals surface area contributed by atoms with Gasteiger partial charge < -0.3 is 20.1 Å². The summed E-state index contributed by atoms with van der Waals surface area (Å²) in [5, 5.41) is 12.8. The van der Waals surface area contributed by atoms with E-state index in [9.17, 15) is 5.11 Å². The van der Waals surface area contributed by atoms with Gasteiger partial charge in [0.2, 0.25) is 0 Å². The summed E-state index contributed by atoms with van der Waals surface area (Å²) in [6.07, 6.45) is 1.75. The predicted molar refractivity (Wildman–Crippen MR) is 70.2 cm³/mol. The van der Waals surface area contributed by atoms with Crippen molar-refractivity contribution in [3.63, 3.8) is 0 Å². The van der Waals surface area contributed by atoms with Crippen LogP contribution in [0.5, 0.6) is 0 Å². The van der Waals surface area contributed by atoms with Gasteiger partial charge in [-0.2, -0.15) is 0 Å². The normalized spacial score (nSPS) is 27.4. The molecular weight excluding hydrogens is 216 g/mol. The lowest BCUT2D eigenvalue weighted by atomic mass is 9.95. The first-order valence-electron chi connectivity index (χ1n) is 6.81. The maximum atomic E-state index is 9.28. The van der Waals surface area contributed by atoms with Gasteiger partial charge in [0.15, 0.2) is 0 Å². The van der Waals surface area contributed by atoms with Gasteiger partial charge in [0.05, 0.1) is 12.7 Å². The standard InChI is InChI=1S/C13H28N2O2/c1-4-14-13-6-8-17-10-12(13)9-15(3)7-5-11(2)16/h11-14,16H,4-10H2,1-3H3. The van der Waals surface area contributed by atoms with Crippen LogP contribution in [0.1, 0.15) is 26.7 Å². The fraction of sp³-hybridized carbons (Fsp3) is 1.00. The minimum Gasteiger partial charge on any atom is -0.393 e. The van der Waals surface area contributed by atoms with Crippen LogP contribution in [0.4, 0.5) is 0 Å². The molecular formula is C13H28N2O2. The van der Waals surface area contributed by atoms with Crippen LogP contribution >= 0.6 is 0 Å². The summed E-state index contributed by atoms with van der Waals surface area (Å²) >= 11 is 0. The molecule has 0 aromatic heterocycles. The van der Waals surface area contributed by atoms with Gasteiger partial charge in [0.1, 0.15) is 0 Å². The Hall–Kier alpha value is -0.160. The van der Waals surface area contributed by atoms with Gasteiger partial charge in [-0.25, -0.2) is 0 Å². The first kappa shape index (κ1) is 14.9. The lowest BCUT2D eigenvalue weighted by molar-refractivity contribution is 0.0189. The van der Waals surface area contributed by atoms with Crippen LogP contribution in [-0.4, -0.2) is 62.0 Å².